The van der Waals surface area contributed by atoms with Gasteiger partial charge >= 0.3 is 11.7 Å². The summed E-state index contributed by atoms with van der Waals surface area (Å²) in [5.41, 5.74) is 3.15. The number of hydrogen-bond donors (Lipinski definition) is 2. The number of aromatic nitrogens is 2. The highest BCUT2D eigenvalue weighted by atomic mass is 19.1. The van der Waals surface area contributed by atoms with Crippen molar-refractivity contribution in [3.05, 3.63) is 122 Å². The van der Waals surface area contributed by atoms with Crippen LogP contribution in [0.3, 0.4) is 0 Å². The summed E-state index contributed by atoms with van der Waals surface area (Å²) in [6.07, 6.45) is 2.84. The number of anilines is 1. The number of hydrogen-bond acceptors (Lipinski definition) is 7. The number of benzene rings is 2. The number of urea groups is 1. The number of nitrogens with zero attached hydrogens (tertiary/aromatic N) is 4. The molecule has 11 nitrogen and oxygen atoms in total. The van der Waals surface area contributed by atoms with E-state index in [1.165, 1.54) is 39.5 Å². The number of ether oxygens (including phenoxy) is 1. The Bertz CT molecular complexity index is 1800. The maximum Gasteiger partial charge on any atom is 0.343 e. The Labute approximate surface area is 265 Å². The van der Waals surface area contributed by atoms with Gasteiger partial charge < -0.3 is 15.0 Å². The Morgan fingerprint density at radius 2 is 1.70 bits per heavy atom. The molecule has 2 amide bonds. The molecule has 0 fully saturated rings. The zero-order chi connectivity index (χ0) is 34.1. The third-order valence-electron chi connectivity index (χ3n) is 7.12. The van der Waals surface area contributed by atoms with Gasteiger partial charge in [0.05, 0.1) is 26.3 Å². The van der Waals surface area contributed by atoms with Crippen molar-refractivity contribution in [2.75, 3.05) is 47.2 Å². The van der Waals surface area contributed by atoms with Crippen LogP contribution in [0.5, 0.6) is 0 Å². The number of carbonyl (C=O) groups is 1. The van der Waals surface area contributed by atoms with Gasteiger partial charge in [-0.1, -0.05) is 24.8 Å². The molecule has 2 aromatic carbocycles. The lowest BCUT2D eigenvalue weighted by molar-refractivity contribution is 0.114. The molecule has 0 atom stereocenters. The summed E-state index contributed by atoms with van der Waals surface area (Å²) in [4.78, 5) is 50.9. The molecule has 0 bridgehead atoms. The highest BCUT2D eigenvalue weighted by molar-refractivity contribution is 5.96. The van der Waals surface area contributed by atoms with Crippen LogP contribution in [0.25, 0.3) is 11.1 Å². The van der Waals surface area contributed by atoms with Crippen molar-refractivity contribution in [1.29, 1.82) is 0 Å². The van der Waals surface area contributed by atoms with Crippen molar-refractivity contribution < 1.29 is 23.1 Å². The van der Waals surface area contributed by atoms with E-state index in [-0.39, 0.29) is 35.0 Å². The van der Waals surface area contributed by atoms with Gasteiger partial charge in [-0.3, -0.25) is 19.2 Å². The minimum atomic E-state index is -0.839. The summed E-state index contributed by atoms with van der Waals surface area (Å²) in [5.74, 6) is -1.46. The molecule has 0 saturated carbocycles. The number of aliphatic imine (C=N–C) groups is 1. The molecule has 46 heavy (non-hydrogen) atoms. The lowest BCUT2D eigenvalue weighted by Crippen LogP contribution is -2.46. The highest BCUT2D eigenvalue weighted by Crippen LogP contribution is 2.28. The first-order valence-corrected chi connectivity index (χ1v) is 14.1. The number of methoxy groups -OCH3 is 1. The van der Waals surface area contributed by atoms with Gasteiger partial charge in [-0.2, -0.15) is 0 Å². The zero-order valence-corrected chi connectivity index (χ0v) is 26.9. The largest absolute Gasteiger partial charge is 0.497 e. The SMILES string of the molecule is C=C(/C=C\C(=NC)n1c(=O)c(/C(CN(C)C)=C(\C)c2ccc(NC(=O)NOC)cc2)c(C)n(Cc2c(F)cccc2F)c1=O)OC. The van der Waals surface area contributed by atoms with E-state index in [1.807, 2.05) is 25.9 Å². The van der Waals surface area contributed by atoms with Crippen LogP contribution in [0.2, 0.25) is 0 Å². The fraction of sp³-hybridized carbons (Fsp3) is 0.273. The van der Waals surface area contributed by atoms with Gasteiger partial charge in [-0.15, -0.1) is 0 Å². The third kappa shape index (κ3) is 8.11. The molecule has 2 N–H and O–H groups in total. The molecule has 1 heterocycles. The summed E-state index contributed by atoms with van der Waals surface area (Å²) >= 11 is 0. The van der Waals surface area contributed by atoms with Crippen LogP contribution >= 0.6 is 0 Å². The van der Waals surface area contributed by atoms with E-state index in [2.05, 4.69) is 27.2 Å². The molecular formula is C33H38F2N6O5. The predicted molar refractivity (Wildman–Crippen MR) is 176 cm³/mol. The molecule has 0 aliphatic heterocycles. The number of nitrogens with one attached hydrogen (secondary N) is 2. The van der Waals surface area contributed by atoms with E-state index in [0.717, 1.165) is 26.8 Å². The molecule has 3 aromatic rings. The van der Waals surface area contributed by atoms with E-state index in [9.17, 15) is 23.2 Å². The normalized spacial score (nSPS) is 12.3. The number of halogens is 2. The van der Waals surface area contributed by atoms with Crippen LogP contribution in [0, 0.1) is 18.6 Å². The summed E-state index contributed by atoms with van der Waals surface area (Å²) < 4.78 is 36.8. The van der Waals surface area contributed by atoms with Crippen LogP contribution in [-0.2, 0) is 16.1 Å². The Morgan fingerprint density at radius 3 is 2.24 bits per heavy atom. The van der Waals surface area contributed by atoms with Crippen LogP contribution in [0.4, 0.5) is 19.3 Å². The lowest BCUT2D eigenvalue weighted by atomic mass is 9.94. The maximum atomic E-state index is 14.9. The van der Waals surface area contributed by atoms with E-state index in [4.69, 9.17) is 4.74 Å². The number of allylic oxidation sites excluding steroid dienone is 3. The molecule has 0 aliphatic rings. The average molecular weight is 637 g/mol. The number of hydroxylamine groups is 1. The minimum absolute atomic E-state index is 0.0381. The molecule has 244 valence electrons. The van der Waals surface area contributed by atoms with E-state index in [1.54, 1.807) is 31.2 Å². The minimum Gasteiger partial charge on any atom is -0.497 e. The molecule has 13 heteroatoms. The smallest absolute Gasteiger partial charge is 0.343 e. The van der Waals surface area contributed by atoms with Gasteiger partial charge in [-0.05, 0) is 81.1 Å². The first kappa shape index (κ1) is 35.3. The standard InChI is InChI=1S/C33H38F2N6O5/c1-20(45-7)12-17-29(36-4)41-31(42)30(22(3)40(33(41)44)19-26-27(34)10-9-11-28(26)35)25(18-39(5)6)21(2)23-13-15-24(16-14-23)37-32(43)38-46-8/h9-17H,1,18-19H2,2-8H3,(H2,37,38,43)/b17-12-,25-21+,36-29?. The number of rotatable bonds is 11. The molecular weight excluding hydrogens is 598 g/mol. The van der Waals surface area contributed by atoms with Gasteiger partial charge in [0.1, 0.15) is 23.2 Å². The van der Waals surface area contributed by atoms with Gasteiger partial charge in [-0.25, -0.2) is 28.4 Å². The molecule has 0 spiro atoms. The Balaban J connectivity index is 2.39. The molecule has 0 radical (unpaired) electrons. The van der Waals surface area contributed by atoms with Crippen molar-refractivity contribution >= 4 is 28.7 Å². The van der Waals surface area contributed by atoms with Crippen LogP contribution in [0.1, 0.15) is 29.3 Å². The monoisotopic (exact) mass is 636 g/mol. The molecule has 0 unspecified atom stereocenters. The van der Waals surface area contributed by atoms with E-state index in [0.29, 0.717) is 16.8 Å². The number of likely N-dealkylation sites (N-methyl/N-ethyl adjacent to an activating group) is 1. The van der Waals surface area contributed by atoms with Gasteiger partial charge in [0.25, 0.3) is 5.56 Å². The van der Waals surface area contributed by atoms with Crippen molar-refractivity contribution in [2.24, 2.45) is 4.99 Å². The van der Waals surface area contributed by atoms with Crippen LogP contribution in [-0.4, -0.2) is 67.8 Å². The molecule has 0 saturated heterocycles. The highest BCUT2D eigenvalue weighted by Gasteiger charge is 2.25. The summed E-state index contributed by atoms with van der Waals surface area (Å²) in [5, 5.41) is 2.63. The number of carbonyl (C=O) groups excluding carboxylic acids is 1. The Kier molecular flexibility index (Phi) is 12.1. The van der Waals surface area contributed by atoms with Crippen molar-refractivity contribution in [2.45, 2.75) is 20.4 Å². The van der Waals surface area contributed by atoms with Crippen LogP contribution in [0.15, 0.2) is 81.5 Å². The second kappa shape index (κ2) is 15.7. The predicted octanol–water partition coefficient (Wildman–Crippen LogP) is 4.41. The molecule has 0 aliphatic carbocycles. The first-order chi connectivity index (χ1) is 21.8. The van der Waals surface area contributed by atoms with Gasteiger partial charge in [0.2, 0.25) is 0 Å². The fourth-order valence-electron chi connectivity index (χ4n) is 4.74. The molecule has 1 aromatic heterocycles. The quantitative estimate of drug-likeness (QED) is 0.106. The fourth-order valence-corrected chi connectivity index (χ4v) is 4.74. The third-order valence-corrected chi connectivity index (χ3v) is 7.12. The van der Waals surface area contributed by atoms with E-state index < -0.39 is 35.5 Å². The first-order valence-electron chi connectivity index (χ1n) is 14.1. The zero-order valence-electron chi connectivity index (χ0n) is 26.9. The maximum absolute atomic E-state index is 14.9. The Hall–Kier alpha value is -5.14. The van der Waals surface area contributed by atoms with Crippen molar-refractivity contribution in [3.63, 3.8) is 0 Å². The number of amides is 2. The van der Waals surface area contributed by atoms with Gasteiger partial charge in [0.15, 0.2) is 0 Å². The topological polar surface area (TPSA) is 119 Å². The second-order valence-electron chi connectivity index (χ2n) is 10.4. The Morgan fingerprint density at radius 1 is 1.07 bits per heavy atom. The van der Waals surface area contributed by atoms with Crippen molar-refractivity contribution in [3.8, 4) is 0 Å². The van der Waals surface area contributed by atoms with E-state index >= 15 is 0 Å². The summed E-state index contributed by atoms with van der Waals surface area (Å²) in [6, 6.07) is 9.79. The summed E-state index contributed by atoms with van der Waals surface area (Å²) in [7, 11) is 7.79. The second-order valence-corrected chi connectivity index (χ2v) is 10.4. The lowest BCUT2D eigenvalue weighted by Gasteiger charge is -2.23. The van der Waals surface area contributed by atoms with Crippen LogP contribution < -0.4 is 22.0 Å². The average Bonchev–Trinajstić information content (AvgIpc) is 3.01. The van der Waals surface area contributed by atoms with Gasteiger partial charge in [0, 0.05) is 30.5 Å². The summed E-state index contributed by atoms with van der Waals surface area (Å²) in [6.45, 7) is 6.90. The molecule has 3 rings (SSSR count). The van der Waals surface area contributed by atoms with Crippen molar-refractivity contribution in [1.82, 2.24) is 19.5 Å².